The van der Waals surface area contributed by atoms with Crippen LogP contribution in [0.15, 0.2) is 78.9 Å². The van der Waals surface area contributed by atoms with E-state index in [1.54, 1.807) is 42.5 Å². The molecule has 5 heteroatoms. The molecule has 0 radical (unpaired) electrons. The van der Waals surface area contributed by atoms with E-state index in [0.29, 0.717) is 17.1 Å². The summed E-state index contributed by atoms with van der Waals surface area (Å²) in [6.45, 7) is -0.0246. The summed E-state index contributed by atoms with van der Waals surface area (Å²) in [4.78, 5) is 11.9. The second-order valence-electron chi connectivity index (χ2n) is 5.32. The number of carbonyl (C=O) groups excluding carboxylic acids is 1. The van der Waals surface area contributed by atoms with Gasteiger partial charge >= 0.3 is 0 Å². The van der Waals surface area contributed by atoms with E-state index in [1.807, 2.05) is 30.3 Å². The number of amides is 1. The summed E-state index contributed by atoms with van der Waals surface area (Å²) >= 11 is 0. The molecule has 3 aromatic rings. The van der Waals surface area contributed by atoms with Gasteiger partial charge in [-0.1, -0.05) is 30.3 Å². The highest BCUT2D eigenvalue weighted by molar-refractivity contribution is 5.93. The van der Waals surface area contributed by atoms with Crippen molar-refractivity contribution >= 4 is 17.3 Å². The maximum Gasteiger partial charge on any atom is 0.243 e. The molecule has 0 fully saturated rings. The minimum Gasteiger partial charge on any atom is -0.457 e. The number of nitrogens with one attached hydrogen (secondary N) is 2. The minimum absolute atomic E-state index is 0.0246. The van der Waals surface area contributed by atoms with Crippen molar-refractivity contribution in [1.29, 1.82) is 0 Å². The van der Waals surface area contributed by atoms with Crippen LogP contribution in [0, 0.1) is 5.82 Å². The Morgan fingerprint density at radius 3 is 2.20 bits per heavy atom. The topological polar surface area (TPSA) is 50.4 Å². The third kappa shape index (κ3) is 4.81. The average Bonchev–Trinajstić information content (AvgIpc) is 2.64. The Morgan fingerprint density at radius 1 is 0.840 bits per heavy atom. The van der Waals surface area contributed by atoms with Crippen molar-refractivity contribution in [2.75, 3.05) is 17.2 Å². The molecule has 0 bridgehead atoms. The Balaban J connectivity index is 1.52. The smallest absolute Gasteiger partial charge is 0.243 e. The molecular weight excluding hydrogens is 319 g/mol. The first-order valence-corrected chi connectivity index (χ1v) is 7.82. The van der Waals surface area contributed by atoms with Crippen molar-refractivity contribution in [1.82, 2.24) is 0 Å². The van der Waals surface area contributed by atoms with Crippen molar-refractivity contribution in [3.63, 3.8) is 0 Å². The van der Waals surface area contributed by atoms with Crippen LogP contribution in [0.3, 0.4) is 0 Å². The molecule has 0 aliphatic heterocycles. The Hall–Kier alpha value is -3.34. The van der Waals surface area contributed by atoms with Crippen molar-refractivity contribution in [3.8, 4) is 11.5 Å². The van der Waals surface area contributed by atoms with E-state index in [-0.39, 0.29) is 12.5 Å². The van der Waals surface area contributed by atoms with Crippen LogP contribution in [-0.4, -0.2) is 12.5 Å². The number of halogens is 1. The molecule has 0 aliphatic carbocycles. The zero-order valence-corrected chi connectivity index (χ0v) is 13.4. The van der Waals surface area contributed by atoms with Gasteiger partial charge in [0.05, 0.1) is 12.2 Å². The van der Waals surface area contributed by atoms with Crippen LogP contribution < -0.4 is 15.4 Å². The molecule has 0 saturated carbocycles. The van der Waals surface area contributed by atoms with Crippen LogP contribution in [-0.2, 0) is 4.79 Å². The highest BCUT2D eigenvalue weighted by atomic mass is 19.1. The quantitative estimate of drug-likeness (QED) is 0.688. The van der Waals surface area contributed by atoms with E-state index >= 15 is 0 Å². The number of benzene rings is 3. The lowest BCUT2D eigenvalue weighted by Gasteiger charge is -2.09. The highest BCUT2D eigenvalue weighted by Crippen LogP contribution is 2.22. The molecule has 3 aromatic carbocycles. The summed E-state index contributed by atoms with van der Waals surface area (Å²) in [5, 5.41) is 5.51. The Morgan fingerprint density at radius 2 is 1.48 bits per heavy atom. The van der Waals surface area contributed by atoms with Gasteiger partial charge in [-0.3, -0.25) is 4.79 Å². The highest BCUT2D eigenvalue weighted by Gasteiger charge is 2.05. The van der Waals surface area contributed by atoms with Crippen molar-refractivity contribution in [2.24, 2.45) is 0 Å². The van der Waals surface area contributed by atoms with E-state index in [2.05, 4.69) is 10.6 Å². The molecular formula is C20H17FN2O2. The third-order valence-corrected chi connectivity index (χ3v) is 3.43. The van der Waals surface area contributed by atoms with E-state index in [0.717, 1.165) is 5.75 Å². The number of carbonyl (C=O) groups is 1. The summed E-state index contributed by atoms with van der Waals surface area (Å²) in [7, 11) is 0. The van der Waals surface area contributed by atoms with Crippen molar-refractivity contribution in [2.45, 2.75) is 0 Å². The summed E-state index contributed by atoms with van der Waals surface area (Å²) in [5.41, 5.74) is 0.935. The summed E-state index contributed by atoms with van der Waals surface area (Å²) in [6.07, 6.45) is 0. The number of para-hydroxylation sites is 2. The molecule has 126 valence electrons. The van der Waals surface area contributed by atoms with Crippen LogP contribution >= 0.6 is 0 Å². The van der Waals surface area contributed by atoms with Gasteiger partial charge in [0.2, 0.25) is 5.91 Å². The maximum atomic E-state index is 13.5. The van der Waals surface area contributed by atoms with Gasteiger partial charge < -0.3 is 15.4 Å². The molecule has 0 aliphatic rings. The Kier molecular flexibility index (Phi) is 5.26. The fraction of sp³-hybridized carbons (Fsp3) is 0.0500. The number of rotatable bonds is 6. The first-order chi connectivity index (χ1) is 12.2. The second kappa shape index (κ2) is 7.97. The molecule has 2 N–H and O–H groups in total. The fourth-order valence-corrected chi connectivity index (χ4v) is 2.22. The number of anilines is 2. The van der Waals surface area contributed by atoms with E-state index in [4.69, 9.17) is 4.74 Å². The third-order valence-electron chi connectivity index (χ3n) is 3.43. The Bertz CT molecular complexity index is 836. The SMILES string of the molecule is O=C(CNc1ccccc1F)Nc1ccc(Oc2ccccc2)cc1. The van der Waals surface area contributed by atoms with E-state index in [1.165, 1.54) is 6.07 Å². The molecule has 0 saturated heterocycles. The molecule has 25 heavy (non-hydrogen) atoms. The zero-order chi connectivity index (χ0) is 17.5. The van der Waals surface area contributed by atoms with Crippen LogP contribution in [0.25, 0.3) is 0 Å². The molecule has 0 aromatic heterocycles. The fourth-order valence-electron chi connectivity index (χ4n) is 2.22. The molecule has 4 nitrogen and oxygen atoms in total. The second-order valence-corrected chi connectivity index (χ2v) is 5.32. The van der Waals surface area contributed by atoms with Gasteiger partial charge in [0, 0.05) is 5.69 Å². The number of hydrogen-bond acceptors (Lipinski definition) is 3. The molecule has 3 rings (SSSR count). The lowest BCUT2D eigenvalue weighted by molar-refractivity contribution is -0.114. The first-order valence-electron chi connectivity index (χ1n) is 7.82. The molecule has 0 atom stereocenters. The van der Waals surface area contributed by atoms with Crippen LogP contribution in [0.1, 0.15) is 0 Å². The van der Waals surface area contributed by atoms with E-state index < -0.39 is 5.82 Å². The van der Waals surface area contributed by atoms with E-state index in [9.17, 15) is 9.18 Å². The Labute approximate surface area is 145 Å². The largest absolute Gasteiger partial charge is 0.457 e. The predicted molar refractivity (Wildman–Crippen MR) is 96.5 cm³/mol. The molecule has 0 unspecified atom stereocenters. The van der Waals surface area contributed by atoms with Crippen molar-refractivity contribution in [3.05, 3.63) is 84.7 Å². The van der Waals surface area contributed by atoms with Gasteiger partial charge in [-0.15, -0.1) is 0 Å². The van der Waals surface area contributed by atoms with Gasteiger partial charge in [-0.25, -0.2) is 4.39 Å². The molecule has 0 spiro atoms. The lowest BCUT2D eigenvalue weighted by atomic mass is 10.3. The maximum absolute atomic E-state index is 13.5. The number of ether oxygens (including phenoxy) is 1. The lowest BCUT2D eigenvalue weighted by Crippen LogP contribution is -2.22. The van der Waals surface area contributed by atoms with Crippen LogP contribution in [0.5, 0.6) is 11.5 Å². The summed E-state index contributed by atoms with van der Waals surface area (Å²) in [5.74, 6) is 0.764. The first kappa shape index (κ1) is 16.5. The van der Waals surface area contributed by atoms with Crippen molar-refractivity contribution < 1.29 is 13.9 Å². The molecule has 1 amide bonds. The average molecular weight is 336 g/mol. The van der Waals surface area contributed by atoms with Crippen LogP contribution in [0.2, 0.25) is 0 Å². The summed E-state index contributed by atoms with van der Waals surface area (Å²) in [6, 6.07) is 22.7. The monoisotopic (exact) mass is 336 g/mol. The number of hydrogen-bond donors (Lipinski definition) is 2. The normalized spacial score (nSPS) is 10.1. The van der Waals surface area contributed by atoms with Gasteiger partial charge in [-0.2, -0.15) is 0 Å². The molecule has 0 heterocycles. The van der Waals surface area contributed by atoms with Gasteiger partial charge in [0.25, 0.3) is 0 Å². The van der Waals surface area contributed by atoms with Gasteiger partial charge in [0.15, 0.2) is 0 Å². The minimum atomic E-state index is -0.391. The van der Waals surface area contributed by atoms with Gasteiger partial charge in [0.1, 0.15) is 17.3 Å². The standard InChI is InChI=1S/C20H17FN2O2/c21-18-8-4-5-9-19(18)22-14-20(24)23-15-10-12-17(13-11-15)25-16-6-2-1-3-7-16/h1-13,22H,14H2,(H,23,24). The van der Waals surface area contributed by atoms with Gasteiger partial charge in [-0.05, 0) is 48.5 Å². The summed E-state index contributed by atoms with van der Waals surface area (Å²) < 4.78 is 19.2. The zero-order valence-electron chi connectivity index (χ0n) is 13.4. The van der Waals surface area contributed by atoms with Crippen LogP contribution in [0.4, 0.5) is 15.8 Å². The predicted octanol–water partition coefficient (Wildman–Crippen LogP) is 4.67.